The molecule has 2 aliphatic heterocycles. The van der Waals surface area contributed by atoms with E-state index < -0.39 is 0 Å². The van der Waals surface area contributed by atoms with Crippen molar-refractivity contribution in [2.75, 3.05) is 33.4 Å². The number of methoxy groups -OCH3 is 1. The molecule has 1 atom stereocenters. The minimum absolute atomic E-state index is 0.120. The maximum Gasteiger partial charge on any atom is 0.0936 e. The smallest absolute Gasteiger partial charge is 0.0936 e. The molecule has 3 nitrogen and oxygen atoms in total. The molecule has 0 amide bonds. The first-order valence-corrected chi connectivity index (χ1v) is 4.11. The Bertz CT molecular complexity index is 150. The highest BCUT2D eigenvalue weighted by Gasteiger charge is 2.41. The fourth-order valence-corrected chi connectivity index (χ4v) is 1.62. The van der Waals surface area contributed by atoms with Gasteiger partial charge in [0.15, 0.2) is 0 Å². The van der Waals surface area contributed by atoms with E-state index in [2.05, 4.69) is 11.8 Å². The molecule has 2 aliphatic rings. The van der Waals surface area contributed by atoms with E-state index in [-0.39, 0.29) is 5.60 Å². The summed E-state index contributed by atoms with van der Waals surface area (Å²) in [5, 5.41) is 0. The fourth-order valence-electron chi connectivity index (χ4n) is 1.62. The van der Waals surface area contributed by atoms with Crippen molar-refractivity contribution < 1.29 is 9.47 Å². The molecule has 0 aliphatic carbocycles. The fraction of sp³-hybridized carbons (Fsp3) is 1.00. The van der Waals surface area contributed by atoms with Crippen LogP contribution in [0, 0.1) is 0 Å². The summed E-state index contributed by atoms with van der Waals surface area (Å²) in [7, 11) is 1.78. The van der Waals surface area contributed by atoms with Crippen LogP contribution in [-0.4, -0.2) is 50.0 Å². The lowest BCUT2D eigenvalue weighted by molar-refractivity contribution is -0.112. The predicted molar refractivity (Wildman–Crippen MR) is 41.6 cm³/mol. The van der Waals surface area contributed by atoms with Crippen molar-refractivity contribution in [3.8, 4) is 0 Å². The third-order valence-corrected chi connectivity index (χ3v) is 2.47. The minimum atomic E-state index is 0.120. The van der Waals surface area contributed by atoms with Crippen LogP contribution in [0.25, 0.3) is 0 Å². The van der Waals surface area contributed by atoms with Crippen LogP contribution in [-0.2, 0) is 9.47 Å². The Hall–Kier alpha value is -0.120. The zero-order valence-electron chi connectivity index (χ0n) is 7.17. The average Bonchev–Trinajstić information content (AvgIpc) is 2.68. The van der Waals surface area contributed by atoms with Gasteiger partial charge in [0, 0.05) is 26.7 Å². The van der Waals surface area contributed by atoms with E-state index in [0.29, 0.717) is 6.10 Å². The zero-order chi connectivity index (χ0) is 7.90. The Kier molecular flexibility index (Phi) is 1.67. The maximum atomic E-state index is 5.32. The van der Waals surface area contributed by atoms with Crippen LogP contribution < -0.4 is 0 Å². The highest BCUT2D eigenvalue weighted by Crippen LogP contribution is 2.25. The quantitative estimate of drug-likeness (QED) is 0.543. The van der Waals surface area contributed by atoms with Gasteiger partial charge in [0.25, 0.3) is 0 Å². The van der Waals surface area contributed by atoms with Gasteiger partial charge in [0.1, 0.15) is 0 Å². The largest absolute Gasteiger partial charge is 0.376 e. The van der Waals surface area contributed by atoms with Gasteiger partial charge >= 0.3 is 0 Å². The van der Waals surface area contributed by atoms with Gasteiger partial charge in [-0.05, 0) is 6.92 Å². The number of epoxide rings is 1. The molecule has 0 N–H and O–H groups in total. The van der Waals surface area contributed by atoms with E-state index in [9.17, 15) is 0 Å². The number of ether oxygens (including phenoxy) is 2. The van der Waals surface area contributed by atoms with Gasteiger partial charge in [0.05, 0.1) is 18.3 Å². The van der Waals surface area contributed by atoms with E-state index in [1.807, 2.05) is 0 Å². The van der Waals surface area contributed by atoms with Gasteiger partial charge in [-0.3, -0.25) is 4.90 Å². The van der Waals surface area contributed by atoms with Gasteiger partial charge in [-0.1, -0.05) is 0 Å². The topological polar surface area (TPSA) is 25.0 Å². The number of hydrogen-bond donors (Lipinski definition) is 0. The Morgan fingerprint density at radius 3 is 2.73 bits per heavy atom. The van der Waals surface area contributed by atoms with Crippen molar-refractivity contribution in [2.24, 2.45) is 0 Å². The molecule has 2 fully saturated rings. The summed E-state index contributed by atoms with van der Waals surface area (Å²) in [4.78, 5) is 2.38. The number of nitrogens with zero attached hydrogens (tertiary/aromatic N) is 1. The molecule has 2 saturated heterocycles. The predicted octanol–water partition coefficient (Wildman–Crippen LogP) is 0.106. The molecule has 0 aromatic heterocycles. The molecule has 0 spiro atoms. The van der Waals surface area contributed by atoms with Gasteiger partial charge in [-0.15, -0.1) is 0 Å². The van der Waals surface area contributed by atoms with Crippen molar-refractivity contribution >= 4 is 0 Å². The monoisotopic (exact) mass is 157 g/mol. The Morgan fingerprint density at radius 2 is 2.27 bits per heavy atom. The van der Waals surface area contributed by atoms with Crippen LogP contribution in [0.1, 0.15) is 6.92 Å². The summed E-state index contributed by atoms with van der Waals surface area (Å²) in [6, 6.07) is 0. The summed E-state index contributed by atoms with van der Waals surface area (Å²) in [6.45, 7) is 6.32. The molecular formula is C8H15NO2. The van der Waals surface area contributed by atoms with Gasteiger partial charge in [-0.25, -0.2) is 0 Å². The summed E-state index contributed by atoms with van der Waals surface area (Å²) < 4.78 is 10.5. The SMILES string of the molecule is COC1(C)CN(C[C@@H]2CO2)C1. The lowest BCUT2D eigenvalue weighted by Gasteiger charge is -2.46. The first kappa shape index (κ1) is 7.53. The molecule has 0 saturated carbocycles. The zero-order valence-corrected chi connectivity index (χ0v) is 7.17. The molecule has 0 bridgehead atoms. The molecule has 0 radical (unpaired) electrons. The van der Waals surface area contributed by atoms with E-state index in [1.165, 1.54) is 0 Å². The molecule has 2 heterocycles. The molecule has 64 valence electrons. The van der Waals surface area contributed by atoms with Crippen molar-refractivity contribution in [1.82, 2.24) is 4.90 Å². The highest BCUT2D eigenvalue weighted by molar-refractivity contribution is 4.95. The minimum Gasteiger partial charge on any atom is -0.376 e. The van der Waals surface area contributed by atoms with E-state index in [4.69, 9.17) is 9.47 Å². The second kappa shape index (κ2) is 2.44. The normalized spacial score (nSPS) is 34.9. The molecule has 11 heavy (non-hydrogen) atoms. The molecule has 2 rings (SSSR count). The highest BCUT2D eigenvalue weighted by atomic mass is 16.6. The van der Waals surface area contributed by atoms with E-state index >= 15 is 0 Å². The lowest BCUT2D eigenvalue weighted by atomic mass is 9.96. The first-order valence-electron chi connectivity index (χ1n) is 4.11. The van der Waals surface area contributed by atoms with Crippen molar-refractivity contribution in [1.29, 1.82) is 0 Å². The van der Waals surface area contributed by atoms with Crippen molar-refractivity contribution in [3.05, 3.63) is 0 Å². The van der Waals surface area contributed by atoms with Gasteiger partial charge in [0.2, 0.25) is 0 Å². The Morgan fingerprint density at radius 1 is 1.64 bits per heavy atom. The summed E-state index contributed by atoms with van der Waals surface area (Å²) >= 11 is 0. The van der Waals surface area contributed by atoms with Crippen molar-refractivity contribution in [3.63, 3.8) is 0 Å². The Labute approximate surface area is 67.3 Å². The second-order valence-corrected chi connectivity index (χ2v) is 3.78. The summed E-state index contributed by atoms with van der Waals surface area (Å²) in [6.07, 6.45) is 0.524. The van der Waals surface area contributed by atoms with Gasteiger partial charge < -0.3 is 9.47 Å². The average molecular weight is 157 g/mol. The number of hydrogen-bond acceptors (Lipinski definition) is 3. The number of rotatable bonds is 3. The third kappa shape index (κ3) is 1.55. The van der Waals surface area contributed by atoms with Crippen LogP contribution in [0.2, 0.25) is 0 Å². The summed E-state index contributed by atoms with van der Waals surface area (Å²) in [5.41, 5.74) is 0.120. The van der Waals surface area contributed by atoms with E-state index in [0.717, 1.165) is 26.2 Å². The van der Waals surface area contributed by atoms with E-state index in [1.54, 1.807) is 7.11 Å². The maximum absolute atomic E-state index is 5.32. The van der Waals surface area contributed by atoms with Crippen LogP contribution in [0.4, 0.5) is 0 Å². The van der Waals surface area contributed by atoms with Crippen LogP contribution >= 0.6 is 0 Å². The summed E-state index contributed by atoms with van der Waals surface area (Å²) in [5.74, 6) is 0. The third-order valence-electron chi connectivity index (χ3n) is 2.47. The Balaban J connectivity index is 1.69. The molecule has 0 unspecified atom stereocenters. The van der Waals surface area contributed by atoms with Gasteiger partial charge in [-0.2, -0.15) is 0 Å². The molecule has 0 aromatic rings. The van der Waals surface area contributed by atoms with Crippen LogP contribution in [0.15, 0.2) is 0 Å². The lowest BCUT2D eigenvalue weighted by Crippen LogP contribution is -2.61. The first-order chi connectivity index (χ1) is 5.22. The second-order valence-electron chi connectivity index (χ2n) is 3.78. The molecular weight excluding hydrogens is 142 g/mol. The van der Waals surface area contributed by atoms with Crippen LogP contribution in [0.5, 0.6) is 0 Å². The number of likely N-dealkylation sites (tertiary alicyclic amines) is 1. The molecule has 0 aromatic carbocycles. The van der Waals surface area contributed by atoms with Crippen molar-refractivity contribution in [2.45, 2.75) is 18.6 Å². The van der Waals surface area contributed by atoms with Crippen LogP contribution in [0.3, 0.4) is 0 Å². The standard InChI is InChI=1S/C8H15NO2/c1-8(10-2)5-9(6-8)3-7-4-11-7/h7H,3-6H2,1-2H3/t7-/m1/s1. The molecule has 3 heteroatoms.